The zero-order valence-electron chi connectivity index (χ0n) is 8.89. The fraction of sp³-hybridized carbons (Fsp3) is 0.583. The van der Waals surface area contributed by atoms with Gasteiger partial charge >= 0.3 is 0 Å². The molecule has 2 saturated heterocycles. The number of aromatic nitrogens is 1. The number of pyridine rings is 1. The molecule has 2 aliphatic heterocycles. The lowest BCUT2D eigenvalue weighted by Gasteiger charge is -2.38. The van der Waals surface area contributed by atoms with Crippen molar-refractivity contribution in [2.45, 2.75) is 18.9 Å². The molecule has 2 fully saturated rings. The molecular formula is C12H17N3. The van der Waals surface area contributed by atoms with E-state index in [4.69, 9.17) is 0 Å². The second-order valence-electron chi connectivity index (χ2n) is 4.53. The van der Waals surface area contributed by atoms with Crippen molar-refractivity contribution >= 4 is 5.69 Å². The molecule has 0 saturated carbocycles. The number of hydrogen-bond acceptors (Lipinski definition) is 3. The third kappa shape index (κ3) is 1.61. The van der Waals surface area contributed by atoms with Crippen molar-refractivity contribution in [1.29, 1.82) is 0 Å². The van der Waals surface area contributed by atoms with Gasteiger partial charge in [0.15, 0.2) is 0 Å². The largest absolute Gasteiger partial charge is 0.366 e. The summed E-state index contributed by atoms with van der Waals surface area (Å²) in [5.41, 5.74) is 1.29. The highest BCUT2D eigenvalue weighted by Gasteiger charge is 2.34. The topological polar surface area (TPSA) is 28.2 Å². The molecule has 80 valence electrons. The summed E-state index contributed by atoms with van der Waals surface area (Å²) in [5, 5.41) is 3.50. The number of fused-ring (bicyclic) bond motifs is 1. The van der Waals surface area contributed by atoms with Gasteiger partial charge in [-0.15, -0.1) is 0 Å². The number of nitrogens with one attached hydrogen (secondary N) is 1. The predicted octanol–water partition coefficient (Wildman–Crippen LogP) is 1.27. The summed E-state index contributed by atoms with van der Waals surface area (Å²) >= 11 is 0. The monoisotopic (exact) mass is 203 g/mol. The molecule has 1 N–H and O–H groups in total. The summed E-state index contributed by atoms with van der Waals surface area (Å²) < 4.78 is 0. The molecule has 1 aromatic heterocycles. The van der Waals surface area contributed by atoms with Crippen molar-refractivity contribution in [3.63, 3.8) is 0 Å². The highest BCUT2D eigenvalue weighted by molar-refractivity contribution is 5.46. The number of hydrogen-bond donors (Lipinski definition) is 1. The highest BCUT2D eigenvalue weighted by Crippen LogP contribution is 2.30. The van der Waals surface area contributed by atoms with Gasteiger partial charge in [0.25, 0.3) is 0 Å². The quantitative estimate of drug-likeness (QED) is 0.745. The minimum absolute atomic E-state index is 0.697. The minimum atomic E-state index is 0.697. The summed E-state index contributed by atoms with van der Waals surface area (Å²) in [4.78, 5) is 6.74. The van der Waals surface area contributed by atoms with E-state index < -0.39 is 0 Å². The molecule has 3 heteroatoms. The van der Waals surface area contributed by atoms with Crippen molar-refractivity contribution in [2.24, 2.45) is 5.92 Å². The summed E-state index contributed by atoms with van der Waals surface area (Å²) in [5.74, 6) is 0.846. The Kier molecular flexibility index (Phi) is 2.33. The third-order valence-electron chi connectivity index (χ3n) is 3.66. The van der Waals surface area contributed by atoms with Crippen LogP contribution in [0.5, 0.6) is 0 Å². The molecule has 3 rings (SSSR count). The van der Waals surface area contributed by atoms with Crippen LogP contribution < -0.4 is 10.2 Å². The Morgan fingerprint density at radius 2 is 2.40 bits per heavy atom. The van der Waals surface area contributed by atoms with Crippen LogP contribution in [0, 0.1) is 5.92 Å². The van der Waals surface area contributed by atoms with E-state index in [2.05, 4.69) is 21.3 Å². The van der Waals surface area contributed by atoms with Gasteiger partial charge in [0.05, 0.1) is 11.9 Å². The predicted molar refractivity (Wildman–Crippen MR) is 61.0 cm³/mol. The summed E-state index contributed by atoms with van der Waals surface area (Å²) in [6.45, 7) is 3.52. The van der Waals surface area contributed by atoms with Crippen LogP contribution >= 0.6 is 0 Å². The fourth-order valence-corrected chi connectivity index (χ4v) is 2.91. The van der Waals surface area contributed by atoms with Crippen LogP contribution in [-0.4, -0.2) is 30.7 Å². The van der Waals surface area contributed by atoms with E-state index in [0.29, 0.717) is 6.04 Å². The van der Waals surface area contributed by atoms with Crippen LogP contribution in [0.1, 0.15) is 12.8 Å². The number of piperidine rings is 1. The van der Waals surface area contributed by atoms with Gasteiger partial charge < -0.3 is 10.2 Å². The van der Waals surface area contributed by atoms with E-state index in [1.54, 1.807) is 0 Å². The van der Waals surface area contributed by atoms with Crippen molar-refractivity contribution in [1.82, 2.24) is 10.3 Å². The highest BCUT2D eigenvalue weighted by atomic mass is 15.2. The zero-order chi connectivity index (χ0) is 10.1. The molecule has 0 unspecified atom stereocenters. The zero-order valence-corrected chi connectivity index (χ0v) is 8.89. The lowest BCUT2D eigenvalue weighted by molar-refractivity contribution is 0.385. The standard InChI is InChI=1S/C12H17N3/c1-4-11(8-13-5-1)15-6-2-3-10-7-14-9-12(10)15/h1,4-5,8,10,12,14H,2-3,6-7,9H2/t10-,12+/m0/s1. The van der Waals surface area contributed by atoms with Gasteiger partial charge in [-0.05, 0) is 30.9 Å². The second kappa shape index (κ2) is 3.81. The van der Waals surface area contributed by atoms with Crippen LogP contribution in [0.4, 0.5) is 5.69 Å². The first-order valence-corrected chi connectivity index (χ1v) is 5.82. The Morgan fingerprint density at radius 1 is 1.40 bits per heavy atom. The van der Waals surface area contributed by atoms with Gasteiger partial charge in [-0.25, -0.2) is 0 Å². The summed E-state index contributed by atoms with van der Waals surface area (Å²) in [6, 6.07) is 4.90. The van der Waals surface area contributed by atoms with Gasteiger partial charge in [0.1, 0.15) is 0 Å². The smallest absolute Gasteiger partial charge is 0.0555 e. The van der Waals surface area contributed by atoms with Gasteiger partial charge in [-0.1, -0.05) is 0 Å². The molecule has 15 heavy (non-hydrogen) atoms. The van der Waals surface area contributed by atoms with Crippen LogP contribution in [0.2, 0.25) is 0 Å². The van der Waals surface area contributed by atoms with Gasteiger partial charge in [-0.3, -0.25) is 4.98 Å². The van der Waals surface area contributed by atoms with Crippen LogP contribution in [0.3, 0.4) is 0 Å². The summed E-state index contributed by atoms with van der Waals surface area (Å²) in [6.07, 6.45) is 6.53. The van der Waals surface area contributed by atoms with Gasteiger partial charge in [0.2, 0.25) is 0 Å². The first-order valence-electron chi connectivity index (χ1n) is 5.82. The van der Waals surface area contributed by atoms with Gasteiger partial charge in [0, 0.05) is 31.9 Å². The second-order valence-corrected chi connectivity index (χ2v) is 4.53. The third-order valence-corrected chi connectivity index (χ3v) is 3.66. The average Bonchev–Trinajstić information content (AvgIpc) is 2.78. The van der Waals surface area contributed by atoms with Crippen LogP contribution in [-0.2, 0) is 0 Å². The molecule has 3 heterocycles. The summed E-state index contributed by atoms with van der Waals surface area (Å²) in [7, 11) is 0. The molecule has 3 nitrogen and oxygen atoms in total. The normalized spacial score (nSPS) is 30.3. The Hall–Kier alpha value is -1.09. The van der Waals surface area contributed by atoms with E-state index in [1.165, 1.54) is 31.6 Å². The average molecular weight is 203 g/mol. The molecule has 0 radical (unpaired) electrons. The maximum atomic E-state index is 4.21. The molecule has 0 spiro atoms. The van der Waals surface area contributed by atoms with E-state index in [-0.39, 0.29) is 0 Å². The molecule has 0 amide bonds. The SMILES string of the molecule is c1cncc(N2CCC[C@H]3CNC[C@H]32)c1. The Morgan fingerprint density at radius 3 is 3.27 bits per heavy atom. The molecule has 0 aliphatic carbocycles. The Bertz CT molecular complexity index is 325. The van der Waals surface area contributed by atoms with Crippen molar-refractivity contribution < 1.29 is 0 Å². The molecule has 2 aliphatic rings. The fourth-order valence-electron chi connectivity index (χ4n) is 2.91. The first kappa shape index (κ1) is 9.16. The first-order chi connectivity index (χ1) is 7.45. The molecular weight excluding hydrogens is 186 g/mol. The van der Waals surface area contributed by atoms with Crippen molar-refractivity contribution in [2.75, 3.05) is 24.5 Å². The van der Waals surface area contributed by atoms with E-state index in [9.17, 15) is 0 Å². The van der Waals surface area contributed by atoms with E-state index in [1.807, 2.05) is 18.5 Å². The lowest BCUT2D eigenvalue weighted by Crippen LogP contribution is -2.45. The number of rotatable bonds is 1. The maximum Gasteiger partial charge on any atom is 0.0555 e. The Balaban J connectivity index is 1.85. The lowest BCUT2D eigenvalue weighted by atomic mass is 9.92. The number of anilines is 1. The number of nitrogens with zero attached hydrogens (tertiary/aromatic N) is 2. The minimum Gasteiger partial charge on any atom is -0.366 e. The van der Waals surface area contributed by atoms with Crippen LogP contribution in [0.15, 0.2) is 24.5 Å². The van der Waals surface area contributed by atoms with E-state index in [0.717, 1.165) is 12.5 Å². The van der Waals surface area contributed by atoms with Crippen molar-refractivity contribution in [3.8, 4) is 0 Å². The molecule has 0 aromatic carbocycles. The van der Waals surface area contributed by atoms with Crippen LogP contribution in [0.25, 0.3) is 0 Å². The molecule has 0 bridgehead atoms. The maximum absolute atomic E-state index is 4.21. The Labute approximate surface area is 90.5 Å². The van der Waals surface area contributed by atoms with Gasteiger partial charge in [-0.2, -0.15) is 0 Å². The van der Waals surface area contributed by atoms with Crippen molar-refractivity contribution in [3.05, 3.63) is 24.5 Å². The van der Waals surface area contributed by atoms with E-state index >= 15 is 0 Å². The molecule has 1 aromatic rings. The molecule has 2 atom stereocenters.